The van der Waals surface area contributed by atoms with Crippen LogP contribution < -0.4 is 10.0 Å². The molecule has 3 rings (SSSR count). The average Bonchev–Trinajstić information content (AvgIpc) is 3.04. The molecule has 7 heteroatoms. The third-order valence-corrected chi connectivity index (χ3v) is 5.81. The van der Waals surface area contributed by atoms with Gasteiger partial charge in [-0.25, -0.2) is 13.1 Å². The fourth-order valence-corrected chi connectivity index (χ4v) is 4.31. The van der Waals surface area contributed by atoms with Crippen LogP contribution in [0.5, 0.6) is 0 Å². The first-order chi connectivity index (χ1) is 9.54. The van der Waals surface area contributed by atoms with Gasteiger partial charge >= 0.3 is 0 Å². The highest BCUT2D eigenvalue weighted by atomic mass is 35.5. The van der Waals surface area contributed by atoms with E-state index in [1.807, 2.05) is 12.1 Å². The van der Waals surface area contributed by atoms with Gasteiger partial charge in [0.2, 0.25) is 10.0 Å². The Morgan fingerprint density at radius 1 is 1.20 bits per heavy atom. The van der Waals surface area contributed by atoms with Crippen LogP contribution in [0.4, 0.5) is 0 Å². The first-order valence-electron chi connectivity index (χ1n) is 6.11. The van der Waals surface area contributed by atoms with Crippen LogP contribution in [0.25, 0.3) is 0 Å². The Labute approximate surface area is 126 Å². The number of sulfonamides is 1. The van der Waals surface area contributed by atoms with Gasteiger partial charge in [0.25, 0.3) is 0 Å². The zero-order valence-corrected chi connectivity index (χ0v) is 12.9. The second kappa shape index (κ2) is 5.46. The van der Waals surface area contributed by atoms with E-state index in [1.165, 1.54) is 11.3 Å². The van der Waals surface area contributed by atoms with Crippen LogP contribution in [0.3, 0.4) is 0 Å². The molecule has 1 aromatic heterocycles. The van der Waals surface area contributed by atoms with Crippen LogP contribution in [-0.2, 0) is 29.7 Å². The van der Waals surface area contributed by atoms with Gasteiger partial charge in [-0.15, -0.1) is 11.3 Å². The topological polar surface area (TPSA) is 58.2 Å². The molecular weight excluding hydrogens is 316 g/mol. The number of benzene rings is 1. The largest absolute Gasteiger partial charge is 0.309 e. The van der Waals surface area contributed by atoms with Gasteiger partial charge in [-0.2, -0.15) is 0 Å². The summed E-state index contributed by atoms with van der Waals surface area (Å²) in [7, 11) is -3.48. The molecule has 106 valence electrons. The summed E-state index contributed by atoms with van der Waals surface area (Å²) < 4.78 is 27.8. The second-order valence-corrected chi connectivity index (χ2v) is 8.13. The van der Waals surface area contributed by atoms with Crippen molar-refractivity contribution in [1.82, 2.24) is 10.0 Å². The molecule has 0 bridgehead atoms. The highest BCUT2D eigenvalue weighted by Gasteiger charge is 2.18. The smallest absolute Gasteiger partial charge is 0.240 e. The van der Waals surface area contributed by atoms with Gasteiger partial charge in [-0.3, -0.25) is 0 Å². The molecule has 2 heterocycles. The maximum Gasteiger partial charge on any atom is 0.240 e. The summed E-state index contributed by atoms with van der Waals surface area (Å²) in [4.78, 5) is 1.20. The summed E-state index contributed by atoms with van der Waals surface area (Å²) in [5, 5.41) is 3.20. The van der Waals surface area contributed by atoms with E-state index in [0.29, 0.717) is 9.23 Å². The molecule has 20 heavy (non-hydrogen) atoms. The maximum absolute atomic E-state index is 12.3. The molecule has 0 spiro atoms. The van der Waals surface area contributed by atoms with Gasteiger partial charge in [-0.1, -0.05) is 17.7 Å². The minimum absolute atomic E-state index is 0.259. The molecule has 1 aliphatic rings. The van der Waals surface area contributed by atoms with Crippen molar-refractivity contribution in [2.24, 2.45) is 0 Å². The predicted molar refractivity (Wildman–Crippen MR) is 80.3 cm³/mol. The summed E-state index contributed by atoms with van der Waals surface area (Å²) in [6.45, 7) is 1.78. The lowest BCUT2D eigenvalue weighted by atomic mass is 10.1. The van der Waals surface area contributed by atoms with Gasteiger partial charge in [0.15, 0.2) is 0 Å². The van der Waals surface area contributed by atoms with Crippen molar-refractivity contribution >= 4 is 33.0 Å². The SMILES string of the molecule is O=S(=O)(NCc1ccc(Cl)s1)c1ccc2c(c1)CNC2. The maximum atomic E-state index is 12.3. The number of halogens is 1. The van der Waals surface area contributed by atoms with Crippen molar-refractivity contribution in [3.8, 4) is 0 Å². The van der Waals surface area contributed by atoms with Crippen LogP contribution in [0, 0.1) is 0 Å². The van der Waals surface area contributed by atoms with Crippen molar-refractivity contribution in [2.45, 2.75) is 24.5 Å². The summed E-state index contributed by atoms with van der Waals surface area (Å²) in [5.74, 6) is 0. The van der Waals surface area contributed by atoms with Crippen molar-refractivity contribution in [2.75, 3.05) is 0 Å². The summed E-state index contributed by atoms with van der Waals surface area (Å²) in [6.07, 6.45) is 0. The van der Waals surface area contributed by atoms with Crippen LogP contribution in [0.15, 0.2) is 35.2 Å². The standard InChI is InChI=1S/C13H13ClN2O2S2/c14-13-4-2-11(19-13)8-16-20(17,18)12-3-1-9-6-15-7-10(9)5-12/h1-5,15-16H,6-8H2. The molecule has 0 fully saturated rings. The zero-order chi connectivity index (χ0) is 14.2. The van der Waals surface area contributed by atoms with Crippen LogP contribution in [0.2, 0.25) is 4.34 Å². The molecule has 0 radical (unpaired) electrons. The number of hydrogen-bond acceptors (Lipinski definition) is 4. The number of hydrogen-bond donors (Lipinski definition) is 2. The van der Waals surface area contributed by atoms with E-state index in [-0.39, 0.29) is 6.54 Å². The van der Waals surface area contributed by atoms with E-state index in [1.54, 1.807) is 18.2 Å². The quantitative estimate of drug-likeness (QED) is 0.906. The van der Waals surface area contributed by atoms with Crippen LogP contribution in [0.1, 0.15) is 16.0 Å². The molecule has 2 aromatic rings. The summed E-state index contributed by atoms with van der Waals surface area (Å²) in [5.41, 5.74) is 2.21. The van der Waals surface area contributed by atoms with E-state index in [4.69, 9.17) is 11.6 Å². The molecule has 0 amide bonds. The van der Waals surface area contributed by atoms with E-state index < -0.39 is 10.0 Å². The molecule has 0 saturated heterocycles. The van der Waals surface area contributed by atoms with Gasteiger partial charge in [-0.05, 0) is 35.4 Å². The number of fused-ring (bicyclic) bond motifs is 1. The molecule has 4 nitrogen and oxygen atoms in total. The Hall–Kier alpha value is -0.920. The van der Waals surface area contributed by atoms with Gasteiger partial charge in [0.05, 0.1) is 9.23 Å². The Morgan fingerprint density at radius 2 is 2.00 bits per heavy atom. The molecule has 0 saturated carbocycles. The monoisotopic (exact) mass is 328 g/mol. The van der Waals surface area contributed by atoms with Gasteiger partial charge < -0.3 is 5.32 Å². The Balaban J connectivity index is 1.78. The van der Waals surface area contributed by atoms with Crippen molar-refractivity contribution < 1.29 is 8.42 Å². The lowest BCUT2D eigenvalue weighted by Crippen LogP contribution is -2.22. The van der Waals surface area contributed by atoms with E-state index in [9.17, 15) is 8.42 Å². The molecule has 0 unspecified atom stereocenters. The molecule has 1 aromatic carbocycles. The zero-order valence-electron chi connectivity index (χ0n) is 10.5. The molecule has 0 aliphatic carbocycles. The third kappa shape index (κ3) is 2.89. The first kappa shape index (κ1) is 14.0. The van der Waals surface area contributed by atoms with Crippen LogP contribution >= 0.6 is 22.9 Å². The minimum Gasteiger partial charge on any atom is -0.309 e. The highest BCUT2D eigenvalue weighted by molar-refractivity contribution is 7.89. The molecule has 2 N–H and O–H groups in total. The van der Waals surface area contributed by atoms with Gasteiger partial charge in [0.1, 0.15) is 0 Å². The van der Waals surface area contributed by atoms with Gasteiger partial charge in [0, 0.05) is 24.5 Å². The fraction of sp³-hybridized carbons (Fsp3) is 0.231. The van der Waals surface area contributed by atoms with Crippen molar-refractivity contribution in [3.05, 3.63) is 50.7 Å². The summed E-state index contributed by atoms with van der Waals surface area (Å²) in [6, 6.07) is 8.83. The van der Waals surface area contributed by atoms with Crippen LogP contribution in [-0.4, -0.2) is 8.42 Å². The lowest BCUT2D eigenvalue weighted by molar-refractivity contribution is 0.581. The third-order valence-electron chi connectivity index (χ3n) is 3.18. The first-order valence-corrected chi connectivity index (χ1v) is 8.79. The average molecular weight is 329 g/mol. The van der Waals surface area contributed by atoms with E-state index in [2.05, 4.69) is 10.0 Å². The van der Waals surface area contributed by atoms with E-state index in [0.717, 1.165) is 29.1 Å². The fourth-order valence-electron chi connectivity index (χ4n) is 2.13. The normalized spacial score (nSPS) is 14.4. The highest BCUT2D eigenvalue weighted by Crippen LogP contribution is 2.23. The Kier molecular flexibility index (Phi) is 3.83. The Bertz CT molecular complexity index is 741. The molecule has 0 atom stereocenters. The van der Waals surface area contributed by atoms with Crippen molar-refractivity contribution in [3.63, 3.8) is 0 Å². The second-order valence-electron chi connectivity index (χ2n) is 4.56. The summed E-state index contributed by atoms with van der Waals surface area (Å²) >= 11 is 7.20. The van der Waals surface area contributed by atoms with Crippen molar-refractivity contribution in [1.29, 1.82) is 0 Å². The molecule has 1 aliphatic heterocycles. The lowest BCUT2D eigenvalue weighted by Gasteiger charge is -2.07. The van der Waals surface area contributed by atoms with E-state index >= 15 is 0 Å². The molecular formula is C13H13ClN2O2S2. The number of nitrogens with one attached hydrogen (secondary N) is 2. The Morgan fingerprint density at radius 3 is 2.75 bits per heavy atom. The number of rotatable bonds is 4. The minimum atomic E-state index is -3.48. The predicted octanol–water partition coefficient (Wildman–Crippen LogP) is 2.48. The number of thiophene rings is 1.